The molecule has 2 aliphatic heterocycles. The molecule has 4 nitrogen and oxygen atoms in total. The Kier molecular flexibility index (Phi) is 3.24. The zero-order chi connectivity index (χ0) is 16.3. The maximum absolute atomic E-state index is 12.9. The van der Waals surface area contributed by atoms with Crippen LogP contribution in [-0.4, -0.2) is 33.5 Å². The highest BCUT2D eigenvalue weighted by atomic mass is 16.3. The molecule has 0 unspecified atom stereocenters. The SMILES string of the molecule is O=C1C[C@H]2CCCC[C@H]2[C@@H]2c3[nH]c4ccccc4c3C[C@@H](CO)N12. The number of benzene rings is 1. The van der Waals surface area contributed by atoms with E-state index in [-0.39, 0.29) is 24.6 Å². The van der Waals surface area contributed by atoms with Gasteiger partial charge in [-0.05, 0) is 42.7 Å². The van der Waals surface area contributed by atoms with Crippen LogP contribution >= 0.6 is 0 Å². The van der Waals surface area contributed by atoms with Crippen molar-refractivity contribution < 1.29 is 9.90 Å². The Labute approximate surface area is 141 Å². The molecule has 1 aliphatic carbocycles. The van der Waals surface area contributed by atoms with Gasteiger partial charge in [0, 0.05) is 23.0 Å². The van der Waals surface area contributed by atoms with E-state index >= 15 is 0 Å². The van der Waals surface area contributed by atoms with Crippen molar-refractivity contribution >= 4 is 16.8 Å². The predicted molar refractivity (Wildman–Crippen MR) is 92.5 cm³/mol. The van der Waals surface area contributed by atoms with Crippen LogP contribution < -0.4 is 0 Å². The lowest BCUT2D eigenvalue weighted by Crippen LogP contribution is -2.56. The number of piperidine rings is 1. The predicted octanol–water partition coefficient (Wildman–Crippen LogP) is 3.16. The van der Waals surface area contributed by atoms with Gasteiger partial charge in [0.2, 0.25) is 5.91 Å². The van der Waals surface area contributed by atoms with Crippen molar-refractivity contribution in [3.8, 4) is 0 Å². The number of fused-ring (bicyclic) bond motifs is 7. The number of amides is 1. The van der Waals surface area contributed by atoms with Crippen LogP contribution in [0, 0.1) is 11.8 Å². The van der Waals surface area contributed by atoms with E-state index in [1.54, 1.807) is 0 Å². The maximum Gasteiger partial charge on any atom is 0.223 e. The molecule has 1 aromatic heterocycles. The molecular formula is C20H24N2O2. The molecule has 4 atom stereocenters. The normalized spacial score (nSPS) is 32.4. The van der Waals surface area contributed by atoms with E-state index in [9.17, 15) is 9.90 Å². The van der Waals surface area contributed by atoms with Gasteiger partial charge in [-0.2, -0.15) is 0 Å². The Bertz CT molecular complexity index is 796. The van der Waals surface area contributed by atoms with Crippen LogP contribution in [-0.2, 0) is 11.2 Å². The first kappa shape index (κ1) is 14.5. The van der Waals surface area contributed by atoms with Gasteiger partial charge in [0.25, 0.3) is 0 Å². The summed E-state index contributed by atoms with van der Waals surface area (Å²) in [6.45, 7) is 0.0541. The fourth-order valence-corrected chi connectivity index (χ4v) is 5.56. The molecule has 4 heteroatoms. The van der Waals surface area contributed by atoms with Crippen LogP contribution in [0.2, 0.25) is 0 Å². The standard InChI is InChI=1S/C20H24N2O2/c23-11-13-10-16-15-7-3-4-8-17(15)21-19(16)20-14-6-2-1-5-12(14)9-18(24)22(13)20/h3-4,7-8,12-14,20-21,23H,1-2,5-6,9-11H2/t12-,13+,14-,20-/m1/s1. The van der Waals surface area contributed by atoms with Crippen molar-refractivity contribution in [2.75, 3.05) is 6.61 Å². The first-order valence-electron chi connectivity index (χ1n) is 9.29. The molecular weight excluding hydrogens is 300 g/mol. The topological polar surface area (TPSA) is 56.3 Å². The minimum atomic E-state index is -0.0721. The van der Waals surface area contributed by atoms with Gasteiger partial charge in [-0.25, -0.2) is 0 Å². The van der Waals surface area contributed by atoms with Gasteiger partial charge in [0.1, 0.15) is 0 Å². The van der Waals surface area contributed by atoms with Gasteiger partial charge < -0.3 is 15.0 Å². The van der Waals surface area contributed by atoms with Crippen molar-refractivity contribution in [1.29, 1.82) is 0 Å². The summed E-state index contributed by atoms with van der Waals surface area (Å²) in [7, 11) is 0. The minimum Gasteiger partial charge on any atom is -0.394 e. The molecule has 24 heavy (non-hydrogen) atoms. The Morgan fingerprint density at radius 1 is 1.17 bits per heavy atom. The number of para-hydroxylation sites is 1. The zero-order valence-corrected chi connectivity index (χ0v) is 13.9. The highest BCUT2D eigenvalue weighted by molar-refractivity contribution is 5.87. The van der Waals surface area contributed by atoms with Gasteiger partial charge in [-0.3, -0.25) is 4.79 Å². The maximum atomic E-state index is 12.9. The van der Waals surface area contributed by atoms with E-state index in [0.29, 0.717) is 18.3 Å². The molecule has 0 bridgehead atoms. The Hall–Kier alpha value is -1.81. The van der Waals surface area contributed by atoms with E-state index in [1.165, 1.54) is 42.3 Å². The summed E-state index contributed by atoms with van der Waals surface area (Å²) in [6, 6.07) is 8.47. The Morgan fingerprint density at radius 3 is 2.88 bits per heavy atom. The molecule has 1 amide bonds. The van der Waals surface area contributed by atoms with E-state index in [1.807, 2.05) is 4.90 Å². The van der Waals surface area contributed by atoms with Crippen LogP contribution in [0.4, 0.5) is 0 Å². The lowest BCUT2D eigenvalue weighted by atomic mass is 9.67. The number of hydrogen-bond donors (Lipinski definition) is 2. The molecule has 2 fully saturated rings. The smallest absolute Gasteiger partial charge is 0.223 e. The van der Waals surface area contributed by atoms with Crippen molar-refractivity contribution in [2.45, 2.75) is 50.6 Å². The summed E-state index contributed by atoms with van der Waals surface area (Å²) >= 11 is 0. The molecule has 5 rings (SSSR count). The second-order valence-electron chi connectivity index (χ2n) is 7.76. The molecule has 0 spiro atoms. The van der Waals surface area contributed by atoms with Crippen LogP contribution in [0.15, 0.2) is 24.3 Å². The van der Waals surface area contributed by atoms with E-state index in [4.69, 9.17) is 0 Å². The van der Waals surface area contributed by atoms with Crippen LogP contribution in [0.1, 0.15) is 49.4 Å². The van der Waals surface area contributed by atoms with Crippen molar-refractivity contribution in [3.05, 3.63) is 35.5 Å². The Morgan fingerprint density at radius 2 is 2.00 bits per heavy atom. The summed E-state index contributed by atoms with van der Waals surface area (Å²) in [5, 5.41) is 11.2. The Balaban J connectivity index is 1.70. The molecule has 1 saturated carbocycles. The number of nitrogens with one attached hydrogen (secondary N) is 1. The molecule has 1 aromatic carbocycles. The number of H-pyrrole nitrogens is 1. The fraction of sp³-hybridized carbons (Fsp3) is 0.550. The fourth-order valence-electron chi connectivity index (χ4n) is 5.56. The first-order valence-corrected chi connectivity index (χ1v) is 9.29. The second-order valence-corrected chi connectivity index (χ2v) is 7.76. The lowest BCUT2D eigenvalue weighted by molar-refractivity contribution is -0.150. The van der Waals surface area contributed by atoms with Crippen LogP contribution in [0.3, 0.4) is 0 Å². The highest BCUT2D eigenvalue weighted by Gasteiger charge is 2.49. The average Bonchev–Trinajstić information content (AvgIpc) is 2.99. The quantitative estimate of drug-likeness (QED) is 0.846. The number of carbonyl (C=O) groups excluding carboxylic acids is 1. The van der Waals surface area contributed by atoms with E-state index in [0.717, 1.165) is 11.9 Å². The number of hydrogen-bond acceptors (Lipinski definition) is 2. The number of aliphatic hydroxyl groups excluding tert-OH is 1. The number of carbonyl (C=O) groups is 1. The summed E-state index contributed by atoms with van der Waals surface area (Å²) in [5.74, 6) is 1.30. The largest absolute Gasteiger partial charge is 0.394 e. The third kappa shape index (κ3) is 1.92. The third-order valence-corrected chi connectivity index (χ3v) is 6.58. The van der Waals surface area contributed by atoms with Gasteiger partial charge in [-0.1, -0.05) is 31.0 Å². The average molecular weight is 324 g/mol. The molecule has 2 N–H and O–H groups in total. The summed E-state index contributed by atoms with van der Waals surface area (Å²) < 4.78 is 0. The summed E-state index contributed by atoms with van der Waals surface area (Å²) in [5.41, 5.74) is 3.72. The van der Waals surface area contributed by atoms with E-state index < -0.39 is 0 Å². The number of aromatic nitrogens is 1. The monoisotopic (exact) mass is 324 g/mol. The number of aliphatic hydroxyl groups is 1. The van der Waals surface area contributed by atoms with Gasteiger partial charge in [0.15, 0.2) is 0 Å². The lowest BCUT2D eigenvalue weighted by Gasteiger charge is -2.52. The highest BCUT2D eigenvalue weighted by Crippen LogP contribution is 2.51. The zero-order valence-electron chi connectivity index (χ0n) is 13.9. The van der Waals surface area contributed by atoms with Crippen molar-refractivity contribution in [2.24, 2.45) is 11.8 Å². The summed E-state index contributed by atoms with van der Waals surface area (Å²) in [6.07, 6.45) is 6.33. The first-order chi connectivity index (χ1) is 11.8. The minimum absolute atomic E-state index is 0.0541. The van der Waals surface area contributed by atoms with Gasteiger partial charge in [-0.15, -0.1) is 0 Å². The second kappa shape index (κ2) is 5.35. The van der Waals surface area contributed by atoms with Crippen LogP contribution in [0.5, 0.6) is 0 Å². The number of nitrogens with zero attached hydrogens (tertiary/aromatic N) is 1. The third-order valence-electron chi connectivity index (χ3n) is 6.58. The molecule has 0 radical (unpaired) electrons. The number of rotatable bonds is 1. The van der Waals surface area contributed by atoms with Gasteiger partial charge in [0.05, 0.1) is 18.7 Å². The summed E-state index contributed by atoms with van der Waals surface area (Å²) in [4.78, 5) is 18.5. The van der Waals surface area contributed by atoms with Crippen LogP contribution in [0.25, 0.3) is 10.9 Å². The van der Waals surface area contributed by atoms with Gasteiger partial charge >= 0.3 is 0 Å². The van der Waals surface area contributed by atoms with Crippen molar-refractivity contribution in [3.63, 3.8) is 0 Å². The number of aromatic amines is 1. The van der Waals surface area contributed by atoms with Crippen molar-refractivity contribution in [1.82, 2.24) is 9.88 Å². The van der Waals surface area contributed by atoms with E-state index in [2.05, 4.69) is 29.2 Å². The molecule has 1 saturated heterocycles. The molecule has 3 heterocycles. The molecule has 126 valence electrons. The molecule has 3 aliphatic rings. The molecule has 2 aromatic rings.